The zero-order valence-corrected chi connectivity index (χ0v) is 10.1. The van der Waals surface area contributed by atoms with E-state index in [1.165, 1.54) is 16.5 Å². The Morgan fingerprint density at radius 3 is 2.94 bits per heavy atom. The second-order valence-corrected chi connectivity index (χ2v) is 4.28. The second-order valence-electron chi connectivity index (χ2n) is 3.90. The first-order valence-corrected chi connectivity index (χ1v) is 6.27. The van der Waals surface area contributed by atoms with Gasteiger partial charge in [0.25, 0.3) is 0 Å². The number of alkyl halides is 1. The lowest BCUT2D eigenvalue weighted by atomic mass is 10.1. The smallest absolute Gasteiger partial charge is 0.0456 e. The molecule has 0 fully saturated rings. The Kier molecular flexibility index (Phi) is 4.25. The highest BCUT2D eigenvalue weighted by Crippen LogP contribution is 2.17. The largest absolute Gasteiger partial charge is 0.361 e. The fourth-order valence-electron chi connectivity index (χ4n) is 1.88. The lowest BCUT2D eigenvalue weighted by molar-refractivity contribution is 0.674. The number of hydrogen-bond donors (Lipinski definition) is 2. The molecule has 0 atom stereocenters. The molecule has 0 saturated carbocycles. The number of aromatic nitrogens is 1. The molecule has 0 spiro atoms. The van der Waals surface area contributed by atoms with Crippen LogP contribution in [-0.2, 0) is 6.42 Å². The molecule has 3 heteroatoms. The van der Waals surface area contributed by atoms with Gasteiger partial charge in [0.05, 0.1) is 0 Å². The number of para-hydroxylation sites is 1. The van der Waals surface area contributed by atoms with E-state index in [9.17, 15) is 0 Å². The van der Waals surface area contributed by atoms with Crippen LogP contribution in [0.3, 0.4) is 0 Å². The molecule has 1 aromatic carbocycles. The van der Waals surface area contributed by atoms with Crippen LogP contribution in [0.5, 0.6) is 0 Å². The predicted molar refractivity (Wildman–Crippen MR) is 70.2 cm³/mol. The highest BCUT2D eigenvalue weighted by atomic mass is 35.5. The van der Waals surface area contributed by atoms with Gasteiger partial charge in [-0.25, -0.2) is 0 Å². The maximum atomic E-state index is 5.61. The molecule has 0 bridgehead atoms. The van der Waals surface area contributed by atoms with E-state index in [-0.39, 0.29) is 0 Å². The Hall–Kier alpha value is -0.990. The summed E-state index contributed by atoms with van der Waals surface area (Å²) in [5.41, 5.74) is 2.60. The third-order valence-corrected chi connectivity index (χ3v) is 3.00. The van der Waals surface area contributed by atoms with Crippen LogP contribution < -0.4 is 5.32 Å². The highest BCUT2D eigenvalue weighted by Gasteiger charge is 2.01. The summed E-state index contributed by atoms with van der Waals surface area (Å²) in [7, 11) is 0. The number of nitrogens with one attached hydrogen (secondary N) is 2. The van der Waals surface area contributed by atoms with Gasteiger partial charge in [0.15, 0.2) is 0 Å². The van der Waals surface area contributed by atoms with Gasteiger partial charge in [0, 0.05) is 23.0 Å². The predicted octanol–water partition coefficient (Wildman–Crippen LogP) is 2.93. The van der Waals surface area contributed by atoms with E-state index in [2.05, 4.69) is 40.8 Å². The zero-order chi connectivity index (χ0) is 11.2. The number of rotatable bonds is 6. The summed E-state index contributed by atoms with van der Waals surface area (Å²) in [5.74, 6) is 0.736. The molecule has 2 aromatic rings. The van der Waals surface area contributed by atoms with E-state index in [1.54, 1.807) is 0 Å². The Morgan fingerprint density at radius 2 is 2.06 bits per heavy atom. The van der Waals surface area contributed by atoms with Crippen molar-refractivity contribution in [1.82, 2.24) is 10.3 Å². The molecule has 2 rings (SSSR count). The molecule has 1 aromatic heterocycles. The minimum atomic E-state index is 0.736. The van der Waals surface area contributed by atoms with Gasteiger partial charge in [-0.2, -0.15) is 0 Å². The molecule has 1 heterocycles. The Morgan fingerprint density at radius 1 is 1.19 bits per heavy atom. The maximum absolute atomic E-state index is 5.61. The molecule has 2 nitrogen and oxygen atoms in total. The van der Waals surface area contributed by atoms with Crippen LogP contribution in [0, 0.1) is 0 Å². The van der Waals surface area contributed by atoms with Crippen molar-refractivity contribution < 1.29 is 0 Å². The van der Waals surface area contributed by atoms with Gasteiger partial charge in [-0.15, -0.1) is 11.6 Å². The van der Waals surface area contributed by atoms with Crippen molar-refractivity contribution in [2.24, 2.45) is 0 Å². The SMILES string of the molecule is ClCCCNCCc1c[nH]c2ccccc12. The highest BCUT2D eigenvalue weighted by molar-refractivity contribution is 6.17. The van der Waals surface area contributed by atoms with Crippen molar-refractivity contribution in [3.63, 3.8) is 0 Å². The molecule has 16 heavy (non-hydrogen) atoms. The first-order chi connectivity index (χ1) is 7.92. The van der Waals surface area contributed by atoms with E-state index in [4.69, 9.17) is 11.6 Å². The second kappa shape index (κ2) is 5.92. The summed E-state index contributed by atoms with van der Waals surface area (Å²) in [6.45, 7) is 2.02. The number of hydrogen-bond acceptors (Lipinski definition) is 1. The Balaban J connectivity index is 1.89. The minimum Gasteiger partial charge on any atom is -0.361 e. The molecule has 0 unspecified atom stereocenters. The van der Waals surface area contributed by atoms with Crippen molar-refractivity contribution in [3.05, 3.63) is 36.0 Å². The third-order valence-electron chi connectivity index (χ3n) is 2.73. The molecule has 0 aliphatic carbocycles. The lowest BCUT2D eigenvalue weighted by Crippen LogP contribution is -2.18. The molecule has 0 aliphatic heterocycles. The number of aromatic amines is 1. The molecule has 0 radical (unpaired) electrons. The van der Waals surface area contributed by atoms with Gasteiger partial charge in [0.1, 0.15) is 0 Å². The average Bonchev–Trinajstić information content (AvgIpc) is 2.73. The van der Waals surface area contributed by atoms with E-state index < -0.39 is 0 Å². The summed E-state index contributed by atoms with van der Waals surface area (Å²) in [6, 6.07) is 8.42. The number of halogens is 1. The molecule has 2 N–H and O–H groups in total. The first-order valence-electron chi connectivity index (χ1n) is 5.73. The Labute approximate surface area is 101 Å². The average molecular weight is 237 g/mol. The topological polar surface area (TPSA) is 27.8 Å². The standard InChI is InChI=1S/C13H17ClN2/c14-7-3-8-15-9-6-11-10-16-13-5-2-1-4-12(11)13/h1-2,4-5,10,15-16H,3,6-9H2. The summed E-state index contributed by atoms with van der Waals surface area (Å²) >= 11 is 5.61. The van der Waals surface area contributed by atoms with Crippen LogP contribution in [0.1, 0.15) is 12.0 Å². The fourth-order valence-corrected chi connectivity index (χ4v) is 2.01. The zero-order valence-electron chi connectivity index (χ0n) is 9.30. The van der Waals surface area contributed by atoms with Gasteiger partial charge in [0.2, 0.25) is 0 Å². The lowest BCUT2D eigenvalue weighted by Gasteiger charge is -2.02. The van der Waals surface area contributed by atoms with Crippen LogP contribution in [0.15, 0.2) is 30.5 Å². The van der Waals surface area contributed by atoms with Gasteiger partial charge in [-0.3, -0.25) is 0 Å². The van der Waals surface area contributed by atoms with Crippen LogP contribution >= 0.6 is 11.6 Å². The van der Waals surface area contributed by atoms with E-state index in [0.29, 0.717) is 0 Å². The number of fused-ring (bicyclic) bond motifs is 1. The van der Waals surface area contributed by atoms with Crippen molar-refractivity contribution in [1.29, 1.82) is 0 Å². The Bertz CT molecular complexity index is 436. The quantitative estimate of drug-likeness (QED) is 0.586. The van der Waals surface area contributed by atoms with Crippen molar-refractivity contribution in [2.45, 2.75) is 12.8 Å². The monoisotopic (exact) mass is 236 g/mol. The molecule has 86 valence electrons. The van der Waals surface area contributed by atoms with E-state index in [1.807, 2.05) is 0 Å². The summed E-state index contributed by atoms with van der Waals surface area (Å²) in [4.78, 5) is 3.29. The molecule has 0 amide bonds. The minimum absolute atomic E-state index is 0.736. The summed E-state index contributed by atoms with van der Waals surface area (Å²) in [5, 5.41) is 4.73. The van der Waals surface area contributed by atoms with Gasteiger partial charge < -0.3 is 10.3 Å². The summed E-state index contributed by atoms with van der Waals surface area (Å²) in [6.07, 6.45) is 4.20. The van der Waals surface area contributed by atoms with Crippen molar-refractivity contribution >= 4 is 22.5 Å². The molecular formula is C13H17ClN2. The van der Waals surface area contributed by atoms with Crippen LogP contribution in [0.4, 0.5) is 0 Å². The van der Waals surface area contributed by atoms with Crippen LogP contribution in [-0.4, -0.2) is 24.0 Å². The molecular weight excluding hydrogens is 220 g/mol. The number of H-pyrrole nitrogens is 1. The van der Waals surface area contributed by atoms with Crippen molar-refractivity contribution in [2.75, 3.05) is 19.0 Å². The van der Waals surface area contributed by atoms with Crippen LogP contribution in [0.25, 0.3) is 10.9 Å². The van der Waals surface area contributed by atoms with Crippen molar-refractivity contribution in [3.8, 4) is 0 Å². The molecule has 0 saturated heterocycles. The van der Waals surface area contributed by atoms with Gasteiger partial charge >= 0.3 is 0 Å². The third kappa shape index (κ3) is 2.77. The van der Waals surface area contributed by atoms with E-state index >= 15 is 0 Å². The van der Waals surface area contributed by atoms with Gasteiger partial charge in [-0.05, 0) is 37.6 Å². The molecule has 0 aliphatic rings. The first kappa shape index (κ1) is 11.5. The normalized spacial score (nSPS) is 11.1. The maximum Gasteiger partial charge on any atom is 0.0456 e. The van der Waals surface area contributed by atoms with E-state index in [0.717, 1.165) is 31.8 Å². The fraction of sp³-hybridized carbons (Fsp3) is 0.385. The van der Waals surface area contributed by atoms with Gasteiger partial charge in [-0.1, -0.05) is 18.2 Å². The summed E-state index contributed by atoms with van der Waals surface area (Å²) < 4.78 is 0. The number of benzene rings is 1. The van der Waals surface area contributed by atoms with Crippen LogP contribution in [0.2, 0.25) is 0 Å².